The highest BCUT2D eigenvalue weighted by Crippen LogP contribution is 2.30. The van der Waals surface area contributed by atoms with E-state index >= 15 is 0 Å². The van der Waals surface area contributed by atoms with Crippen LogP contribution in [-0.4, -0.2) is 54.1 Å². The molecule has 0 aliphatic heterocycles. The molecule has 0 aliphatic carbocycles. The molecular weight excluding hydrogens is 438 g/mol. The van der Waals surface area contributed by atoms with Gasteiger partial charge in [0.15, 0.2) is 0 Å². The van der Waals surface area contributed by atoms with Crippen LogP contribution >= 0.6 is 0 Å². The molecule has 35 heavy (non-hydrogen) atoms. The number of hydrogen-bond donors (Lipinski definition) is 2. The smallest absolute Gasteiger partial charge is 0.253 e. The van der Waals surface area contributed by atoms with E-state index in [4.69, 9.17) is 9.72 Å². The number of pyridine rings is 2. The Morgan fingerprint density at radius 3 is 2.37 bits per heavy atom. The fourth-order valence-corrected chi connectivity index (χ4v) is 3.92. The number of hydrogen-bond acceptors (Lipinski definition) is 6. The largest absolute Gasteiger partial charge is 0.383 e. The summed E-state index contributed by atoms with van der Waals surface area (Å²) in [5, 5.41) is 7.78. The van der Waals surface area contributed by atoms with E-state index in [1.54, 1.807) is 13.3 Å². The molecule has 4 aromatic rings. The maximum atomic E-state index is 12.7. The molecule has 2 heterocycles. The van der Waals surface area contributed by atoms with Gasteiger partial charge in [0.1, 0.15) is 0 Å². The standard InChI is InChI=1S/C28H31N5O2/c1-4-33(5-2)28(34)21-8-6-20(7-9-21)26-18-27(24-19-29-15-14-25(24)32-26)31-23-12-10-22(11-13-23)30-16-17-35-3/h6-15,18-19,30H,4-5,16-17H2,1-3H3,(H,31,32). The normalized spacial score (nSPS) is 10.8. The SMILES string of the molecule is CCN(CC)C(=O)c1ccc(-c2cc(Nc3ccc(NCCOC)cc3)c3cnccc3n2)cc1. The van der Waals surface area contributed by atoms with Crippen molar-refractivity contribution in [2.45, 2.75) is 13.8 Å². The van der Waals surface area contributed by atoms with Crippen LogP contribution in [0.1, 0.15) is 24.2 Å². The van der Waals surface area contributed by atoms with Crippen molar-refractivity contribution in [2.24, 2.45) is 0 Å². The number of nitrogens with one attached hydrogen (secondary N) is 2. The number of aromatic nitrogens is 2. The van der Waals surface area contributed by atoms with Gasteiger partial charge in [-0.05, 0) is 62.4 Å². The van der Waals surface area contributed by atoms with Gasteiger partial charge in [0.05, 0.1) is 23.5 Å². The lowest BCUT2D eigenvalue weighted by Gasteiger charge is -2.18. The quantitative estimate of drug-likeness (QED) is 0.295. The van der Waals surface area contributed by atoms with Crippen LogP contribution in [0.2, 0.25) is 0 Å². The summed E-state index contributed by atoms with van der Waals surface area (Å²) in [6, 6.07) is 19.7. The van der Waals surface area contributed by atoms with Crippen LogP contribution in [0.3, 0.4) is 0 Å². The van der Waals surface area contributed by atoms with Gasteiger partial charge in [0, 0.05) is 67.0 Å². The van der Waals surface area contributed by atoms with Crippen LogP contribution in [0.4, 0.5) is 17.1 Å². The fraction of sp³-hybridized carbons (Fsp3) is 0.250. The maximum Gasteiger partial charge on any atom is 0.253 e. The summed E-state index contributed by atoms with van der Waals surface area (Å²) in [5.41, 5.74) is 6.22. The van der Waals surface area contributed by atoms with Crippen molar-refractivity contribution >= 4 is 33.9 Å². The minimum atomic E-state index is 0.0432. The molecular formula is C28H31N5O2. The van der Waals surface area contributed by atoms with Gasteiger partial charge in [-0.1, -0.05) is 12.1 Å². The number of ether oxygens (including phenoxy) is 1. The number of fused-ring (bicyclic) bond motifs is 1. The first-order chi connectivity index (χ1) is 17.1. The first-order valence-corrected chi connectivity index (χ1v) is 11.9. The molecule has 0 atom stereocenters. The third-order valence-electron chi connectivity index (χ3n) is 5.89. The lowest BCUT2D eigenvalue weighted by molar-refractivity contribution is 0.0773. The van der Waals surface area contributed by atoms with Crippen molar-refractivity contribution in [1.82, 2.24) is 14.9 Å². The van der Waals surface area contributed by atoms with Gasteiger partial charge in [-0.3, -0.25) is 9.78 Å². The second-order valence-electron chi connectivity index (χ2n) is 8.12. The number of anilines is 3. The molecule has 0 aliphatic rings. The Bertz CT molecular complexity index is 1270. The van der Waals surface area contributed by atoms with Crippen LogP contribution in [0, 0.1) is 0 Å². The second-order valence-corrected chi connectivity index (χ2v) is 8.12. The lowest BCUT2D eigenvalue weighted by Crippen LogP contribution is -2.30. The summed E-state index contributed by atoms with van der Waals surface area (Å²) in [7, 11) is 1.69. The molecule has 0 unspecified atom stereocenters. The molecule has 0 bridgehead atoms. The van der Waals surface area contributed by atoms with E-state index in [1.165, 1.54) is 0 Å². The summed E-state index contributed by atoms with van der Waals surface area (Å²) < 4.78 is 5.09. The van der Waals surface area contributed by atoms with E-state index in [0.717, 1.165) is 45.8 Å². The van der Waals surface area contributed by atoms with Crippen LogP contribution in [-0.2, 0) is 4.74 Å². The van der Waals surface area contributed by atoms with Crippen molar-refractivity contribution in [3.05, 3.63) is 78.6 Å². The van der Waals surface area contributed by atoms with E-state index in [2.05, 4.69) is 15.6 Å². The first-order valence-electron chi connectivity index (χ1n) is 11.9. The highest BCUT2D eigenvalue weighted by atomic mass is 16.5. The summed E-state index contributed by atoms with van der Waals surface area (Å²) in [6.45, 7) is 6.77. The maximum absolute atomic E-state index is 12.7. The van der Waals surface area contributed by atoms with Crippen LogP contribution in [0.5, 0.6) is 0 Å². The van der Waals surface area contributed by atoms with E-state index < -0.39 is 0 Å². The van der Waals surface area contributed by atoms with Gasteiger partial charge in [0.2, 0.25) is 0 Å². The molecule has 0 saturated heterocycles. The third kappa shape index (κ3) is 5.75. The van der Waals surface area contributed by atoms with Crippen molar-refractivity contribution in [3.63, 3.8) is 0 Å². The molecule has 0 radical (unpaired) electrons. The van der Waals surface area contributed by atoms with Crippen LogP contribution in [0.25, 0.3) is 22.2 Å². The van der Waals surface area contributed by atoms with E-state index in [-0.39, 0.29) is 5.91 Å². The number of nitrogens with zero attached hydrogens (tertiary/aromatic N) is 3. The van der Waals surface area contributed by atoms with Gasteiger partial charge in [-0.25, -0.2) is 4.98 Å². The topological polar surface area (TPSA) is 79.4 Å². The highest BCUT2D eigenvalue weighted by molar-refractivity contribution is 5.96. The molecule has 2 N–H and O–H groups in total. The van der Waals surface area contributed by atoms with Crippen molar-refractivity contribution in [1.29, 1.82) is 0 Å². The number of benzene rings is 2. The second kappa shape index (κ2) is 11.4. The van der Waals surface area contributed by atoms with Crippen LogP contribution in [0.15, 0.2) is 73.1 Å². The summed E-state index contributed by atoms with van der Waals surface area (Å²) in [4.78, 5) is 23.6. The Hall–Kier alpha value is -3.97. The number of rotatable bonds is 10. The van der Waals surface area contributed by atoms with Gasteiger partial charge in [-0.2, -0.15) is 0 Å². The van der Waals surface area contributed by atoms with E-state index in [0.29, 0.717) is 25.3 Å². The van der Waals surface area contributed by atoms with Crippen LogP contribution < -0.4 is 10.6 Å². The minimum absolute atomic E-state index is 0.0432. The monoisotopic (exact) mass is 469 g/mol. The Labute approximate surface area is 206 Å². The zero-order valence-corrected chi connectivity index (χ0v) is 20.4. The fourth-order valence-electron chi connectivity index (χ4n) is 3.92. The zero-order chi connectivity index (χ0) is 24.6. The Morgan fingerprint density at radius 2 is 1.69 bits per heavy atom. The molecule has 2 aromatic carbocycles. The molecule has 2 aromatic heterocycles. The average molecular weight is 470 g/mol. The number of carbonyl (C=O) groups is 1. The Kier molecular flexibility index (Phi) is 7.90. The number of methoxy groups -OCH3 is 1. The predicted molar refractivity (Wildman–Crippen MR) is 142 cm³/mol. The Balaban J connectivity index is 1.61. The molecule has 0 spiro atoms. The van der Waals surface area contributed by atoms with Crippen molar-refractivity contribution < 1.29 is 9.53 Å². The number of carbonyl (C=O) groups excluding carboxylic acids is 1. The summed E-state index contributed by atoms with van der Waals surface area (Å²) in [5.74, 6) is 0.0432. The molecule has 180 valence electrons. The van der Waals surface area contributed by atoms with Gasteiger partial charge >= 0.3 is 0 Å². The lowest BCUT2D eigenvalue weighted by atomic mass is 10.1. The molecule has 0 saturated carbocycles. The van der Waals surface area contributed by atoms with Gasteiger partial charge < -0.3 is 20.3 Å². The predicted octanol–water partition coefficient (Wildman–Crippen LogP) is 5.58. The number of amides is 1. The first kappa shape index (κ1) is 24.2. The molecule has 0 fully saturated rings. The zero-order valence-electron chi connectivity index (χ0n) is 20.4. The summed E-state index contributed by atoms with van der Waals surface area (Å²) >= 11 is 0. The van der Waals surface area contributed by atoms with Crippen molar-refractivity contribution in [3.8, 4) is 11.3 Å². The minimum Gasteiger partial charge on any atom is -0.383 e. The summed E-state index contributed by atoms with van der Waals surface area (Å²) in [6.07, 6.45) is 3.57. The third-order valence-corrected chi connectivity index (χ3v) is 5.89. The van der Waals surface area contributed by atoms with E-state index in [9.17, 15) is 4.79 Å². The highest BCUT2D eigenvalue weighted by Gasteiger charge is 2.13. The van der Waals surface area contributed by atoms with Gasteiger partial charge in [0.25, 0.3) is 5.91 Å². The average Bonchev–Trinajstić information content (AvgIpc) is 2.90. The molecule has 7 nitrogen and oxygen atoms in total. The molecule has 1 amide bonds. The van der Waals surface area contributed by atoms with Crippen molar-refractivity contribution in [2.75, 3.05) is 44.0 Å². The Morgan fingerprint density at radius 1 is 0.971 bits per heavy atom. The van der Waals surface area contributed by atoms with E-state index in [1.807, 2.05) is 85.6 Å². The van der Waals surface area contributed by atoms with Gasteiger partial charge in [-0.15, -0.1) is 0 Å². The molecule has 4 rings (SSSR count). The molecule has 7 heteroatoms.